The van der Waals surface area contributed by atoms with E-state index in [9.17, 15) is 0 Å². The van der Waals surface area contributed by atoms with Crippen molar-refractivity contribution in [2.45, 2.75) is 140 Å². The molecule has 0 aliphatic carbocycles. The molecular formula is C34H53NO13. The van der Waals surface area contributed by atoms with Gasteiger partial charge in [0.1, 0.15) is 55.0 Å². The number of fused-ring (bicyclic) bond motifs is 1. The van der Waals surface area contributed by atoms with E-state index < -0.39 is 78.5 Å². The summed E-state index contributed by atoms with van der Waals surface area (Å²) >= 11 is 0. The smallest absolute Gasteiger partial charge is 0.204 e. The molecule has 4 saturated heterocycles. The molecule has 0 amide bonds. The minimum absolute atomic E-state index is 0.105. The van der Waals surface area contributed by atoms with Crippen LogP contribution < -0.4 is 0 Å². The largest absolute Gasteiger partial charge is 0.391 e. The summed E-state index contributed by atoms with van der Waals surface area (Å²) in [6.45, 7) is 15.2. The van der Waals surface area contributed by atoms with Crippen LogP contribution in [0.25, 0.3) is 0 Å². The molecule has 14 heteroatoms. The second-order valence-corrected chi connectivity index (χ2v) is 14.1. The highest BCUT2D eigenvalue weighted by atomic mass is 16.8. The van der Waals surface area contributed by atoms with Crippen molar-refractivity contribution in [3.05, 3.63) is 35.9 Å². The Morgan fingerprint density at radius 1 is 0.854 bits per heavy atom. The first-order valence-corrected chi connectivity index (χ1v) is 16.4. The van der Waals surface area contributed by atoms with Crippen molar-refractivity contribution < 1.29 is 61.7 Å². The number of hydrogen-bond donors (Lipinski definition) is 0. The number of hydrogen-bond acceptors (Lipinski definition) is 14. The summed E-state index contributed by atoms with van der Waals surface area (Å²) in [6.07, 6.45) is -6.74. The highest BCUT2D eigenvalue weighted by Crippen LogP contribution is 2.41. The van der Waals surface area contributed by atoms with Gasteiger partial charge in [0.15, 0.2) is 29.4 Å². The monoisotopic (exact) mass is 683 g/mol. The molecule has 1 aromatic carbocycles. The highest BCUT2D eigenvalue weighted by Gasteiger charge is 2.58. The molecule has 8 atom stereocenters. The third kappa shape index (κ3) is 8.92. The van der Waals surface area contributed by atoms with Gasteiger partial charge in [-0.25, -0.2) is 0 Å². The quantitative estimate of drug-likeness (QED) is 0.208. The molecule has 0 spiro atoms. The van der Waals surface area contributed by atoms with Crippen molar-refractivity contribution in [2.75, 3.05) is 34.5 Å². The molecule has 0 aromatic heterocycles. The van der Waals surface area contributed by atoms with E-state index in [0.717, 1.165) is 5.56 Å². The normalized spacial score (nSPS) is 34.1. The Morgan fingerprint density at radius 2 is 1.52 bits per heavy atom. The van der Waals surface area contributed by atoms with Crippen LogP contribution in [-0.2, 0) is 68.3 Å². The molecule has 4 aliphatic heterocycles. The molecule has 0 N–H and O–H groups in total. The molecule has 14 nitrogen and oxygen atoms in total. The summed E-state index contributed by atoms with van der Waals surface area (Å²) in [7, 11) is 4.66. The van der Waals surface area contributed by atoms with Crippen LogP contribution in [0.3, 0.4) is 0 Å². The fourth-order valence-corrected chi connectivity index (χ4v) is 6.20. The summed E-state index contributed by atoms with van der Waals surface area (Å²) in [4.78, 5) is 5.91. The summed E-state index contributed by atoms with van der Waals surface area (Å²) < 4.78 is 74.5. The minimum Gasteiger partial charge on any atom is -0.391 e. The number of ether oxygens (including phenoxy) is 12. The Labute approximate surface area is 283 Å². The summed E-state index contributed by atoms with van der Waals surface area (Å²) in [5.74, 6) is -3.72. The number of nitrogens with zero attached hydrogens (tertiary/aromatic N) is 1. The van der Waals surface area contributed by atoms with Gasteiger partial charge >= 0.3 is 0 Å². The van der Waals surface area contributed by atoms with E-state index in [4.69, 9.17) is 61.7 Å². The van der Waals surface area contributed by atoms with Gasteiger partial charge < -0.3 is 61.7 Å². The molecule has 0 bridgehead atoms. The fraction of sp³-hybridized carbons (Fsp3) is 0.794. The molecule has 48 heavy (non-hydrogen) atoms. The lowest BCUT2D eigenvalue weighted by atomic mass is 9.98. The van der Waals surface area contributed by atoms with Crippen LogP contribution in [0.2, 0.25) is 0 Å². The molecule has 4 heterocycles. The first kappa shape index (κ1) is 37.5. The Kier molecular flexibility index (Phi) is 11.6. The maximum absolute atomic E-state index is 6.92. The standard InChI is InChI=1S/C34H53NO13/c1-31(2,38-11)39-18-21-25-26(46-33(5,6)45-25)23(35-41-17-20-15-13-12-14-16-20)29(42-21)43-24(22-19-40-32(3,4)44-22)27-28(30(36-9)37-10)48-34(7,8)47-27/h12-16,21-22,24-30H,17-19H2,1-11H3/b35-23+/t21-,22-,24-,25+,26-,27+,28-,29+/m1/s1. The summed E-state index contributed by atoms with van der Waals surface area (Å²) in [5.41, 5.74) is 1.28. The average Bonchev–Trinajstić information content (AvgIpc) is 3.67. The Balaban J connectivity index is 1.52. The molecule has 272 valence electrons. The first-order valence-electron chi connectivity index (χ1n) is 16.4. The highest BCUT2D eigenvalue weighted by molar-refractivity contribution is 5.93. The lowest BCUT2D eigenvalue weighted by Crippen LogP contribution is -2.59. The van der Waals surface area contributed by atoms with Gasteiger partial charge in [-0.3, -0.25) is 0 Å². The van der Waals surface area contributed by atoms with Crippen molar-refractivity contribution in [3.8, 4) is 0 Å². The van der Waals surface area contributed by atoms with Gasteiger partial charge in [-0.05, 0) is 61.0 Å². The summed E-state index contributed by atoms with van der Waals surface area (Å²) in [5, 5.41) is 4.58. The Hall–Kier alpha value is -1.79. The van der Waals surface area contributed by atoms with Gasteiger partial charge in [-0.2, -0.15) is 0 Å². The number of benzene rings is 1. The van der Waals surface area contributed by atoms with Crippen molar-refractivity contribution >= 4 is 5.71 Å². The SMILES string of the molecule is COC(OC)[C@@H]1OC(C)(C)O[C@H]1[C@H](O[C@@H]1O[C@H](COC(C)(C)OC)[C@@H]2OC(C)(C)O[C@@H]2/C1=N\OCc1ccccc1)[C@H]1COC(C)(C)O1. The predicted molar refractivity (Wildman–Crippen MR) is 170 cm³/mol. The van der Waals surface area contributed by atoms with Gasteiger partial charge in [0, 0.05) is 21.3 Å². The van der Waals surface area contributed by atoms with E-state index in [0.29, 0.717) is 5.71 Å². The molecule has 5 rings (SSSR count). The van der Waals surface area contributed by atoms with Crippen LogP contribution >= 0.6 is 0 Å². The maximum atomic E-state index is 6.92. The van der Waals surface area contributed by atoms with E-state index >= 15 is 0 Å². The molecule has 0 radical (unpaired) electrons. The van der Waals surface area contributed by atoms with Crippen molar-refractivity contribution in [1.82, 2.24) is 0 Å². The van der Waals surface area contributed by atoms with Gasteiger partial charge in [0.2, 0.25) is 6.29 Å². The van der Waals surface area contributed by atoms with Crippen molar-refractivity contribution in [1.29, 1.82) is 0 Å². The van der Waals surface area contributed by atoms with Gasteiger partial charge in [-0.1, -0.05) is 35.5 Å². The third-order valence-electron chi connectivity index (χ3n) is 8.56. The second-order valence-electron chi connectivity index (χ2n) is 14.1. The van der Waals surface area contributed by atoms with Crippen LogP contribution in [0.1, 0.15) is 61.0 Å². The zero-order valence-electron chi connectivity index (χ0n) is 30.0. The van der Waals surface area contributed by atoms with E-state index in [-0.39, 0.29) is 19.8 Å². The third-order valence-corrected chi connectivity index (χ3v) is 8.56. The topological polar surface area (TPSA) is 132 Å². The van der Waals surface area contributed by atoms with Gasteiger partial charge in [0.25, 0.3) is 0 Å². The second kappa shape index (κ2) is 14.8. The number of rotatable bonds is 14. The van der Waals surface area contributed by atoms with E-state index in [1.165, 1.54) is 0 Å². The van der Waals surface area contributed by atoms with Crippen LogP contribution in [0.15, 0.2) is 35.5 Å². The maximum Gasteiger partial charge on any atom is 0.204 e. The Bertz CT molecular complexity index is 1220. The molecule has 0 saturated carbocycles. The zero-order chi connectivity index (χ0) is 34.9. The number of methoxy groups -OCH3 is 3. The van der Waals surface area contributed by atoms with E-state index in [1.54, 1.807) is 21.3 Å². The van der Waals surface area contributed by atoms with Crippen LogP contribution in [0.5, 0.6) is 0 Å². The van der Waals surface area contributed by atoms with Crippen LogP contribution in [0, 0.1) is 0 Å². The lowest BCUT2D eigenvalue weighted by Gasteiger charge is -2.41. The van der Waals surface area contributed by atoms with Crippen molar-refractivity contribution in [2.24, 2.45) is 5.16 Å². The molecule has 1 aromatic rings. The van der Waals surface area contributed by atoms with Crippen LogP contribution in [-0.4, -0.2) is 119 Å². The van der Waals surface area contributed by atoms with Gasteiger partial charge in [-0.15, -0.1) is 0 Å². The molecule has 4 fully saturated rings. The molecule has 0 unspecified atom stereocenters. The zero-order valence-corrected chi connectivity index (χ0v) is 30.0. The van der Waals surface area contributed by atoms with E-state index in [1.807, 2.05) is 85.7 Å². The van der Waals surface area contributed by atoms with Gasteiger partial charge in [0.05, 0.1) is 13.2 Å². The molecular weight excluding hydrogens is 630 g/mol. The fourth-order valence-electron chi connectivity index (χ4n) is 6.20. The lowest BCUT2D eigenvalue weighted by molar-refractivity contribution is -0.270. The van der Waals surface area contributed by atoms with Crippen molar-refractivity contribution in [3.63, 3.8) is 0 Å². The average molecular weight is 684 g/mol. The first-order chi connectivity index (χ1) is 22.6. The van der Waals surface area contributed by atoms with E-state index in [2.05, 4.69) is 5.16 Å². The Morgan fingerprint density at radius 3 is 2.15 bits per heavy atom. The minimum atomic E-state index is -1.12. The van der Waals surface area contributed by atoms with Crippen LogP contribution in [0.4, 0.5) is 0 Å². The number of oxime groups is 1. The predicted octanol–water partition coefficient (Wildman–Crippen LogP) is 3.88. The summed E-state index contributed by atoms with van der Waals surface area (Å²) in [6, 6.07) is 9.71. The molecule has 4 aliphatic rings.